The van der Waals surface area contributed by atoms with Crippen LogP contribution in [0.2, 0.25) is 0 Å². The molecule has 0 aliphatic carbocycles. The highest BCUT2D eigenvalue weighted by Crippen LogP contribution is 2.21. The van der Waals surface area contributed by atoms with Gasteiger partial charge in [-0.1, -0.05) is 0 Å². The van der Waals surface area contributed by atoms with Crippen LogP contribution < -0.4 is 5.73 Å². The fraction of sp³-hybridized carbons (Fsp3) is 0.727. The first-order valence-electron chi connectivity index (χ1n) is 5.65. The molecule has 0 aliphatic heterocycles. The maximum absolute atomic E-state index is 11.6. The van der Waals surface area contributed by atoms with Crippen LogP contribution >= 0.6 is 0 Å². The van der Waals surface area contributed by atoms with E-state index in [2.05, 4.69) is 5.10 Å². The molecule has 0 saturated heterocycles. The first-order valence-corrected chi connectivity index (χ1v) is 7.54. The smallest absolute Gasteiger partial charge is 0.154 e. The highest BCUT2D eigenvalue weighted by atomic mass is 32.2. The molecule has 1 atom stereocenters. The summed E-state index contributed by atoms with van der Waals surface area (Å²) in [6.07, 6.45) is 5.38. The standard InChI is InChI=1S/C11H21N3O2S/c1-5-14-8-9(7-13-14)6-10(12)11(2,3)17(4,15)16/h7-8,10H,5-6,12H2,1-4H3. The Morgan fingerprint density at radius 1 is 1.53 bits per heavy atom. The van der Waals surface area contributed by atoms with E-state index in [1.165, 1.54) is 6.26 Å². The molecule has 0 spiro atoms. The highest BCUT2D eigenvalue weighted by molar-refractivity contribution is 7.92. The minimum atomic E-state index is -3.17. The number of aromatic nitrogens is 2. The van der Waals surface area contributed by atoms with Gasteiger partial charge in [0.1, 0.15) is 0 Å². The number of nitrogens with zero attached hydrogens (tertiary/aromatic N) is 2. The lowest BCUT2D eigenvalue weighted by Crippen LogP contribution is -2.49. The Balaban J connectivity index is 2.82. The van der Waals surface area contributed by atoms with Crippen LogP contribution in [0.4, 0.5) is 0 Å². The summed E-state index contributed by atoms with van der Waals surface area (Å²) in [5.74, 6) is 0. The molecule has 0 aliphatic rings. The van der Waals surface area contributed by atoms with Crippen LogP contribution in [0.3, 0.4) is 0 Å². The molecule has 98 valence electrons. The van der Waals surface area contributed by atoms with E-state index in [1.807, 2.05) is 13.1 Å². The van der Waals surface area contributed by atoms with Crippen LogP contribution in [0.15, 0.2) is 12.4 Å². The number of rotatable bonds is 5. The van der Waals surface area contributed by atoms with Gasteiger partial charge in [0.25, 0.3) is 0 Å². The molecule has 0 fully saturated rings. The third kappa shape index (κ3) is 3.07. The number of sulfone groups is 1. The molecule has 0 bridgehead atoms. The maximum Gasteiger partial charge on any atom is 0.154 e. The lowest BCUT2D eigenvalue weighted by molar-refractivity contribution is 0.482. The zero-order valence-electron chi connectivity index (χ0n) is 10.8. The summed E-state index contributed by atoms with van der Waals surface area (Å²) < 4.78 is 24.2. The van der Waals surface area contributed by atoms with Gasteiger partial charge in [0.2, 0.25) is 0 Å². The predicted octanol–water partition coefficient (Wildman–Crippen LogP) is 0.596. The monoisotopic (exact) mass is 259 g/mol. The van der Waals surface area contributed by atoms with Crippen molar-refractivity contribution in [2.24, 2.45) is 5.73 Å². The largest absolute Gasteiger partial charge is 0.326 e. The van der Waals surface area contributed by atoms with Crippen LogP contribution in [0.5, 0.6) is 0 Å². The first kappa shape index (κ1) is 14.2. The van der Waals surface area contributed by atoms with Crippen molar-refractivity contribution in [2.75, 3.05) is 6.26 Å². The summed E-state index contributed by atoms with van der Waals surface area (Å²) in [4.78, 5) is 0. The van der Waals surface area contributed by atoms with Gasteiger partial charge in [0.15, 0.2) is 9.84 Å². The van der Waals surface area contributed by atoms with Crippen molar-refractivity contribution in [1.29, 1.82) is 0 Å². The minimum absolute atomic E-state index is 0.438. The van der Waals surface area contributed by atoms with E-state index in [0.29, 0.717) is 6.42 Å². The Kier molecular flexibility index (Phi) is 3.99. The summed E-state index contributed by atoms with van der Waals surface area (Å²) in [7, 11) is -3.17. The molecule has 0 amide bonds. The highest BCUT2D eigenvalue weighted by Gasteiger charge is 2.36. The van der Waals surface area contributed by atoms with Crippen molar-refractivity contribution < 1.29 is 8.42 Å². The second-order valence-electron chi connectivity index (χ2n) is 4.89. The summed E-state index contributed by atoms with van der Waals surface area (Å²) in [6, 6.07) is -0.438. The summed E-state index contributed by atoms with van der Waals surface area (Å²) in [5.41, 5.74) is 6.97. The molecule has 1 rings (SSSR count). The first-order chi connectivity index (χ1) is 7.68. The van der Waals surface area contributed by atoms with Crippen LogP contribution in [0.25, 0.3) is 0 Å². The maximum atomic E-state index is 11.6. The zero-order valence-corrected chi connectivity index (χ0v) is 11.7. The molecule has 5 nitrogen and oxygen atoms in total. The molecule has 1 aromatic heterocycles. The molecule has 17 heavy (non-hydrogen) atoms. The van der Waals surface area contributed by atoms with E-state index < -0.39 is 20.6 Å². The van der Waals surface area contributed by atoms with E-state index >= 15 is 0 Å². The molecular formula is C11H21N3O2S. The molecular weight excluding hydrogens is 238 g/mol. The molecule has 1 heterocycles. The molecule has 2 N–H and O–H groups in total. The van der Waals surface area contributed by atoms with Gasteiger partial charge in [-0.2, -0.15) is 5.10 Å². The fourth-order valence-electron chi connectivity index (χ4n) is 1.46. The molecule has 1 unspecified atom stereocenters. The Bertz CT molecular complexity index is 477. The second kappa shape index (κ2) is 4.78. The Morgan fingerprint density at radius 3 is 2.53 bits per heavy atom. The van der Waals surface area contributed by atoms with Crippen molar-refractivity contribution in [1.82, 2.24) is 9.78 Å². The zero-order chi connectivity index (χ0) is 13.3. The van der Waals surface area contributed by atoms with Crippen molar-refractivity contribution in [3.05, 3.63) is 18.0 Å². The van der Waals surface area contributed by atoms with Crippen molar-refractivity contribution in [2.45, 2.75) is 44.5 Å². The Hall–Kier alpha value is -0.880. The van der Waals surface area contributed by atoms with Gasteiger partial charge in [0, 0.05) is 25.0 Å². The van der Waals surface area contributed by atoms with Crippen molar-refractivity contribution >= 4 is 9.84 Å². The lowest BCUT2D eigenvalue weighted by Gasteiger charge is -2.29. The lowest BCUT2D eigenvalue weighted by atomic mass is 9.98. The van der Waals surface area contributed by atoms with Crippen molar-refractivity contribution in [3.63, 3.8) is 0 Å². The molecule has 0 aromatic carbocycles. The molecule has 6 heteroatoms. The predicted molar refractivity (Wildman–Crippen MR) is 68.5 cm³/mol. The molecule has 1 aromatic rings. The number of aryl methyl sites for hydroxylation is 1. The minimum Gasteiger partial charge on any atom is -0.326 e. The summed E-state index contributed by atoms with van der Waals surface area (Å²) in [5, 5.41) is 4.14. The molecule has 0 radical (unpaired) electrons. The molecule has 0 saturated carbocycles. The van der Waals surface area contributed by atoms with E-state index in [0.717, 1.165) is 12.1 Å². The van der Waals surface area contributed by atoms with Gasteiger partial charge in [-0.3, -0.25) is 4.68 Å². The normalized spacial score (nSPS) is 14.9. The van der Waals surface area contributed by atoms with E-state index in [1.54, 1.807) is 24.7 Å². The van der Waals surface area contributed by atoms with E-state index in [4.69, 9.17) is 5.73 Å². The summed E-state index contributed by atoms with van der Waals surface area (Å²) in [6.45, 7) is 6.12. The van der Waals surface area contributed by atoms with Crippen LogP contribution in [0, 0.1) is 0 Å². The van der Waals surface area contributed by atoms with Crippen LogP contribution in [0.1, 0.15) is 26.3 Å². The number of hydrogen-bond acceptors (Lipinski definition) is 4. The van der Waals surface area contributed by atoms with Crippen LogP contribution in [-0.2, 0) is 22.8 Å². The third-order valence-corrected chi connectivity index (χ3v) is 5.53. The average Bonchev–Trinajstić information content (AvgIpc) is 2.63. The van der Waals surface area contributed by atoms with Crippen molar-refractivity contribution in [3.8, 4) is 0 Å². The van der Waals surface area contributed by atoms with Gasteiger partial charge in [-0.15, -0.1) is 0 Å². The third-order valence-electron chi connectivity index (χ3n) is 3.31. The average molecular weight is 259 g/mol. The van der Waals surface area contributed by atoms with Crippen LogP contribution in [-0.4, -0.2) is 35.2 Å². The van der Waals surface area contributed by atoms with Gasteiger partial charge < -0.3 is 5.73 Å². The number of nitrogens with two attached hydrogens (primary N) is 1. The van der Waals surface area contributed by atoms with Gasteiger partial charge >= 0.3 is 0 Å². The van der Waals surface area contributed by atoms with Gasteiger partial charge in [-0.05, 0) is 32.8 Å². The Morgan fingerprint density at radius 2 is 2.12 bits per heavy atom. The van der Waals surface area contributed by atoms with E-state index in [-0.39, 0.29) is 0 Å². The number of hydrogen-bond donors (Lipinski definition) is 1. The van der Waals surface area contributed by atoms with E-state index in [9.17, 15) is 8.42 Å². The van der Waals surface area contributed by atoms with Gasteiger partial charge in [-0.25, -0.2) is 8.42 Å². The topological polar surface area (TPSA) is 78.0 Å². The summed E-state index contributed by atoms with van der Waals surface area (Å²) >= 11 is 0. The van der Waals surface area contributed by atoms with Gasteiger partial charge in [0.05, 0.1) is 10.9 Å². The Labute approximate surface area is 103 Å². The quantitative estimate of drug-likeness (QED) is 0.839. The fourth-order valence-corrected chi connectivity index (χ4v) is 2.09. The second-order valence-corrected chi connectivity index (χ2v) is 7.49. The SMILES string of the molecule is CCn1cc(CC(N)C(C)(C)S(C)(=O)=O)cn1.